The van der Waals surface area contributed by atoms with Crippen LogP contribution < -0.4 is 4.74 Å². The molecule has 18 heavy (non-hydrogen) atoms. The molecule has 0 atom stereocenters. The molecule has 4 nitrogen and oxygen atoms in total. The number of carbonyl (C=O) groups is 1. The Morgan fingerprint density at radius 1 is 1.28 bits per heavy atom. The number of nitrogens with zero attached hydrogens (tertiary/aromatic N) is 2. The third-order valence-corrected chi connectivity index (χ3v) is 3.20. The van der Waals surface area contributed by atoms with Crippen molar-refractivity contribution in [2.24, 2.45) is 0 Å². The number of amides is 1. The van der Waals surface area contributed by atoms with Gasteiger partial charge in [-0.25, -0.2) is 4.39 Å². The molecule has 0 N–H and O–H groups in total. The summed E-state index contributed by atoms with van der Waals surface area (Å²) in [5.74, 6) is -0.532. The standard InChI is InChI=1S/C13H17FN2O2/c1-15-6-8-16(9-7-15)13(17)12-10(14)4-3-5-11(12)18-2/h3-5H,6-9H2,1-2H3. The van der Waals surface area contributed by atoms with Gasteiger partial charge in [-0.05, 0) is 19.2 Å². The van der Waals surface area contributed by atoms with Crippen LogP contribution in [0.1, 0.15) is 10.4 Å². The van der Waals surface area contributed by atoms with Crippen LogP contribution in [0.4, 0.5) is 4.39 Å². The van der Waals surface area contributed by atoms with Crippen molar-refractivity contribution in [1.29, 1.82) is 0 Å². The number of piperazine rings is 1. The van der Waals surface area contributed by atoms with Gasteiger partial charge >= 0.3 is 0 Å². The maximum absolute atomic E-state index is 13.8. The van der Waals surface area contributed by atoms with Crippen molar-refractivity contribution in [3.63, 3.8) is 0 Å². The van der Waals surface area contributed by atoms with Crippen LogP contribution in [0, 0.1) is 5.82 Å². The number of benzene rings is 1. The van der Waals surface area contributed by atoms with E-state index in [0.717, 1.165) is 13.1 Å². The zero-order valence-electron chi connectivity index (χ0n) is 10.6. The van der Waals surface area contributed by atoms with Gasteiger partial charge in [-0.2, -0.15) is 0 Å². The van der Waals surface area contributed by atoms with Gasteiger partial charge in [0.2, 0.25) is 0 Å². The molecule has 0 unspecified atom stereocenters. The fraction of sp³-hybridized carbons (Fsp3) is 0.462. The van der Waals surface area contributed by atoms with Crippen molar-refractivity contribution in [3.05, 3.63) is 29.6 Å². The van der Waals surface area contributed by atoms with Gasteiger partial charge in [-0.1, -0.05) is 6.07 Å². The van der Waals surface area contributed by atoms with E-state index in [-0.39, 0.29) is 11.5 Å². The third-order valence-electron chi connectivity index (χ3n) is 3.20. The average molecular weight is 252 g/mol. The SMILES string of the molecule is COc1cccc(F)c1C(=O)N1CCN(C)CC1. The number of ether oxygens (including phenoxy) is 1. The number of rotatable bonds is 2. The molecule has 0 saturated carbocycles. The third kappa shape index (κ3) is 2.46. The Kier molecular flexibility index (Phi) is 3.81. The molecule has 1 amide bonds. The molecular weight excluding hydrogens is 235 g/mol. The summed E-state index contributed by atoms with van der Waals surface area (Å²) < 4.78 is 18.8. The largest absolute Gasteiger partial charge is 0.496 e. The average Bonchev–Trinajstić information content (AvgIpc) is 2.38. The zero-order valence-corrected chi connectivity index (χ0v) is 10.6. The van der Waals surface area contributed by atoms with Crippen molar-refractivity contribution in [1.82, 2.24) is 9.80 Å². The maximum atomic E-state index is 13.8. The molecule has 1 aliphatic rings. The van der Waals surface area contributed by atoms with E-state index in [2.05, 4.69) is 4.90 Å². The highest BCUT2D eigenvalue weighted by Gasteiger charge is 2.25. The zero-order chi connectivity index (χ0) is 13.1. The van der Waals surface area contributed by atoms with Gasteiger partial charge in [0.15, 0.2) is 0 Å². The first kappa shape index (κ1) is 12.8. The Bertz CT molecular complexity index is 443. The molecule has 1 saturated heterocycles. The molecule has 2 rings (SSSR count). The predicted octanol–water partition coefficient (Wildman–Crippen LogP) is 1.22. The molecule has 0 bridgehead atoms. The Hall–Kier alpha value is -1.62. The van der Waals surface area contributed by atoms with Crippen LogP contribution in [0.2, 0.25) is 0 Å². The minimum absolute atomic E-state index is 0.0320. The van der Waals surface area contributed by atoms with E-state index in [1.54, 1.807) is 11.0 Å². The van der Waals surface area contributed by atoms with E-state index in [9.17, 15) is 9.18 Å². The first-order chi connectivity index (χ1) is 8.63. The number of hydrogen-bond donors (Lipinski definition) is 0. The van der Waals surface area contributed by atoms with Gasteiger partial charge < -0.3 is 14.5 Å². The van der Waals surface area contributed by atoms with Crippen LogP contribution >= 0.6 is 0 Å². The van der Waals surface area contributed by atoms with Crippen molar-refractivity contribution in [2.75, 3.05) is 40.3 Å². The van der Waals surface area contributed by atoms with Crippen LogP contribution in [0.3, 0.4) is 0 Å². The fourth-order valence-electron chi connectivity index (χ4n) is 2.05. The lowest BCUT2D eigenvalue weighted by Gasteiger charge is -2.32. The van der Waals surface area contributed by atoms with Crippen molar-refractivity contribution in [3.8, 4) is 5.75 Å². The summed E-state index contributed by atoms with van der Waals surface area (Å²) in [5, 5.41) is 0. The minimum atomic E-state index is -0.529. The summed E-state index contributed by atoms with van der Waals surface area (Å²) in [7, 11) is 3.45. The second-order valence-corrected chi connectivity index (χ2v) is 4.41. The normalized spacial score (nSPS) is 16.7. The Balaban J connectivity index is 2.23. The van der Waals surface area contributed by atoms with Crippen LogP contribution in [-0.2, 0) is 0 Å². The van der Waals surface area contributed by atoms with E-state index in [1.165, 1.54) is 19.2 Å². The van der Waals surface area contributed by atoms with Gasteiger partial charge in [0.25, 0.3) is 5.91 Å². The summed E-state index contributed by atoms with van der Waals surface area (Å²) in [6, 6.07) is 4.42. The van der Waals surface area contributed by atoms with Crippen molar-refractivity contribution >= 4 is 5.91 Å². The molecule has 0 radical (unpaired) electrons. The maximum Gasteiger partial charge on any atom is 0.260 e. The van der Waals surface area contributed by atoms with Gasteiger partial charge in [-0.3, -0.25) is 4.79 Å². The fourth-order valence-corrected chi connectivity index (χ4v) is 2.05. The molecule has 0 aliphatic carbocycles. The van der Waals surface area contributed by atoms with Crippen LogP contribution in [0.15, 0.2) is 18.2 Å². The number of methoxy groups -OCH3 is 1. The Labute approximate surface area is 106 Å². The van der Waals surface area contributed by atoms with E-state index < -0.39 is 5.82 Å². The summed E-state index contributed by atoms with van der Waals surface area (Å²) in [6.07, 6.45) is 0. The molecule has 0 spiro atoms. The molecule has 98 valence electrons. The van der Waals surface area contributed by atoms with Gasteiger partial charge in [0, 0.05) is 26.2 Å². The van der Waals surface area contributed by atoms with Gasteiger partial charge in [0.05, 0.1) is 7.11 Å². The molecule has 1 aromatic rings. The molecule has 0 aromatic heterocycles. The number of carbonyl (C=O) groups excluding carboxylic acids is 1. The van der Waals surface area contributed by atoms with E-state index >= 15 is 0 Å². The Morgan fingerprint density at radius 2 is 1.94 bits per heavy atom. The number of likely N-dealkylation sites (N-methyl/N-ethyl adjacent to an activating group) is 1. The lowest BCUT2D eigenvalue weighted by atomic mass is 10.1. The van der Waals surface area contributed by atoms with Crippen LogP contribution in [0.5, 0.6) is 5.75 Å². The summed E-state index contributed by atoms with van der Waals surface area (Å²) in [6.45, 7) is 2.85. The molecule has 1 aliphatic heterocycles. The van der Waals surface area contributed by atoms with Crippen molar-refractivity contribution < 1.29 is 13.9 Å². The monoisotopic (exact) mass is 252 g/mol. The first-order valence-electron chi connectivity index (χ1n) is 5.94. The number of hydrogen-bond acceptors (Lipinski definition) is 3. The van der Waals surface area contributed by atoms with E-state index in [1.807, 2.05) is 7.05 Å². The van der Waals surface area contributed by atoms with Crippen LogP contribution in [0.25, 0.3) is 0 Å². The highest BCUT2D eigenvalue weighted by Crippen LogP contribution is 2.23. The molecule has 1 fully saturated rings. The van der Waals surface area contributed by atoms with Crippen LogP contribution in [-0.4, -0.2) is 56.0 Å². The minimum Gasteiger partial charge on any atom is -0.496 e. The van der Waals surface area contributed by atoms with Gasteiger partial charge in [0.1, 0.15) is 17.1 Å². The Morgan fingerprint density at radius 3 is 2.56 bits per heavy atom. The van der Waals surface area contributed by atoms with Gasteiger partial charge in [-0.15, -0.1) is 0 Å². The lowest BCUT2D eigenvalue weighted by Crippen LogP contribution is -2.47. The van der Waals surface area contributed by atoms with Crippen molar-refractivity contribution in [2.45, 2.75) is 0 Å². The summed E-state index contributed by atoms with van der Waals surface area (Å²) in [5.41, 5.74) is 0.0320. The second kappa shape index (κ2) is 5.35. The second-order valence-electron chi connectivity index (χ2n) is 4.41. The summed E-state index contributed by atoms with van der Waals surface area (Å²) >= 11 is 0. The highest BCUT2D eigenvalue weighted by atomic mass is 19.1. The smallest absolute Gasteiger partial charge is 0.260 e. The van der Waals surface area contributed by atoms with E-state index in [0.29, 0.717) is 18.8 Å². The molecule has 1 heterocycles. The number of halogens is 1. The predicted molar refractivity (Wildman–Crippen MR) is 66.4 cm³/mol. The summed E-state index contributed by atoms with van der Waals surface area (Å²) in [4.78, 5) is 16.1. The highest BCUT2D eigenvalue weighted by molar-refractivity contribution is 5.97. The molecule has 5 heteroatoms. The first-order valence-corrected chi connectivity index (χ1v) is 5.94. The quantitative estimate of drug-likeness (QED) is 0.793. The molecular formula is C13H17FN2O2. The molecule has 1 aromatic carbocycles. The van der Waals surface area contributed by atoms with E-state index in [4.69, 9.17) is 4.74 Å². The lowest BCUT2D eigenvalue weighted by molar-refractivity contribution is 0.0656. The topological polar surface area (TPSA) is 32.8 Å².